The first-order valence-corrected chi connectivity index (χ1v) is 8.40. The van der Waals surface area contributed by atoms with Gasteiger partial charge in [-0.05, 0) is 36.8 Å². The molecule has 0 saturated heterocycles. The summed E-state index contributed by atoms with van der Waals surface area (Å²) in [6.45, 7) is 3.52. The monoisotopic (exact) mass is 390 g/mol. The van der Waals surface area contributed by atoms with Crippen molar-refractivity contribution in [3.63, 3.8) is 0 Å². The molecular formula is C20H20F2N2O4. The molecule has 8 heteroatoms. The van der Waals surface area contributed by atoms with Gasteiger partial charge in [0.25, 0.3) is 0 Å². The van der Waals surface area contributed by atoms with Gasteiger partial charge in [0.1, 0.15) is 11.6 Å². The minimum absolute atomic E-state index is 0.232. The van der Waals surface area contributed by atoms with Crippen LogP contribution in [0.2, 0.25) is 0 Å². The SMILES string of the molecule is CCOc1ccc(/C=C/C(=O)Nc2cc(NC(C)=O)c(F)cc2F)cc1OC. The van der Waals surface area contributed by atoms with Crippen LogP contribution in [0.1, 0.15) is 19.4 Å². The van der Waals surface area contributed by atoms with Crippen molar-refractivity contribution in [1.82, 2.24) is 0 Å². The number of rotatable bonds is 7. The summed E-state index contributed by atoms with van der Waals surface area (Å²) in [6.07, 6.45) is 2.69. The molecule has 0 aliphatic rings. The van der Waals surface area contributed by atoms with Crippen LogP contribution < -0.4 is 20.1 Å². The van der Waals surface area contributed by atoms with E-state index >= 15 is 0 Å². The molecule has 0 radical (unpaired) electrons. The maximum atomic E-state index is 13.9. The zero-order valence-electron chi connectivity index (χ0n) is 15.6. The summed E-state index contributed by atoms with van der Waals surface area (Å²) in [5.41, 5.74) is 0.169. The minimum atomic E-state index is -0.962. The van der Waals surface area contributed by atoms with E-state index in [1.165, 1.54) is 26.2 Å². The topological polar surface area (TPSA) is 76.7 Å². The Morgan fingerprint density at radius 1 is 1.04 bits per heavy atom. The van der Waals surface area contributed by atoms with Crippen molar-refractivity contribution >= 4 is 29.3 Å². The van der Waals surface area contributed by atoms with E-state index < -0.39 is 23.4 Å². The normalized spacial score (nSPS) is 10.6. The molecule has 0 aliphatic carbocycles. The Balaban J connectivity index is 2.14. The fourth-order valence-electron chi connectivity index (χ4n) is 2.34. The number of ether oxygens (including phenoxy) is 2. The lowest BCUT2D eigenvalue weighted by Crippen LogP contribution is -2.12. The molecule has 2 N–H and O–H groups in total. The first kappa shape index (κ1) is 20.9. The highest BCUT2D eigenvalue weighted by atomic mass is 19.1. The van der Waals surface area contributed by atoms with Crippen LogP contribution in [0.25, 0.3) is 6.08 Å². The maximum absolute atomic E-state index is 13.9. The summed E-state index contributed by atoms with van der Waals surface area (Å²) in [7, 11) is 1.50. The lowest BCUT2D eigenvalue weighted by Gasteiger charge is -2.10. The average Bonchev–Trinajstić information content (AvgIpc) is 2.64. The van der Waals surface area contributed by atoms with E-state index in [1.807, 2.05) is 6.92 Å². The third-order valence-corrected chi connectivity index (χ3v) is 3.54. The van der Waals surface area contributed by atoms with Crippen molar-refractivity contribution in [2.24, 2.45) is 0 Å². The molecule has 6 nitrogen and oxygen atoms in total. The lowest BCUT2D eigenvalue weighted by atomic mass is 10.2. The van der Waals surface area contributed by atoms with Crippen molar-refractivity contribution in [1.29, 1.82) is 0 Å². The third-order valence-electron chi connectivity index (χ3n) is 3.54. The van der Waals surface area contributed by atoms with Crippen molar-refractivity contribution in [3.05, 3.63) is 53.6 Å². The van der Waals surface area contributed by atoms with Gasteiger partial charge in [0.15, 0.2) is 11.5 Å². The Morgan fingerprint density at radius 3 is 2.32 bits per heavy atom. The number of carbonyl (C=O) groups is 2. The third kappa shape index (κ3) is 5.54. The molecule has 148 valence electrons. The molecular weight excluding hydrogens is 370 g/mol. The predicted octanol–water partition coefficient (Wildman–Crippen LogP) is 3.98. The molecule has 2 aromatic rings. The van der Waals surface area contributed by atoms with Gasteiger partial charge < -0.3 is 20.1 Å². The van der Waals surface area contributed by atoms with Crippen molar-refractivity contribution in [2.45, 2.75) is 13.8 Å². The summed E-state index contributed by atoms with van der Waals surface area (Å²) in [6, 6.07) is 6.71. The Kier molecular flexibility index (Phi) is 7.08. The fraction of sp³-hybridized carbons (Fsp3) is 0.200. The molecule has 0 aliphatic heterocycles. The number of hydrogen-bond acceptors (Lipinski definition) is 4. The standard InChI is InChI=1S/C20H20F2N2O4/c1-4-28-18-7-5-13(9-19(18)27-3)6-8-20(26)24-17-11-16(23-12(2)25)14(21)10-15(17)22/h5-11H,4H2,1-3H3,(H,23,25)(H,24,26)/b8-6+. The second-order valence-corrected chi connectivity index (χ2v) is 5.66. The fourth-order valence-corrected chi connectivity index (χ4v) is 2.34. The van der Waals surface area contributed by atoms with E-state index in [4.69, 9.17) is 9.47 Å². The predicted molar refractivity (Wildman–Crippen MR) is 102 cm³/mol. The zero-order valence-corrected chi connectivity index (χ0v) is 15.6. The summed E-state index contributed by atoms with van der Waals surface area (Å²) in [5.74, 6) is -1.97. The van der Waals surface area contributed by atoms with Gasteiger partial charge in [-0.3, -0.25) is 9.59 Å². The van der Waals surface area contributed by atoms with Gasteiger partial charge in [0.05, 0.1) is 25.1 Å². The Morgan fingerprint density at radius 2 is 1.71 bits per heavy atom. The Bertz CT molecular complexity index is 913. The van der Waals surface area contributed by atoms with Crippen molar-refractivity contribution < 1.29 is 27.8 Å². The van der Waals surface area contributed by atoms with Crippen LogP contribution in [0.15, 0.2) is 36.4 Å². The number of benzene rings is 2. The van der Waals surface area contributed by atoms with Crippen LogP contribution in [-0.4, -0.2) is 25.5 Å². The molecule has 0 heterocycles. The van der Waals surface area contributed by atoms with Crippen LogP contribution in [0.5, 0.6) is 11.5 Å². The number of methoxy groups -OCH3 is 1. The van der Waals surface area contributed by atoms with Crippen LogP contribution in [0.3, 0.4) is 0 Å². The van der Waals surface area contributed by atoms with Gasteiger partial charge >= 0.3 is 0 Å². The molecule has 0 spiro atoms. The van der Waals surface area contributed by atoms with E-state index in [0.717, 1.165) is 6.07 Å². The van der Waals surface area contributed by atoms with Gasteiger partial charge in [-0.1, -0.05) is 6.07 Å². The van der Waals surface area contributed by atoms with Crippen molar-refractivity contribution in [3.8, 4) is 11.5 Å². The van der Waals surface area contributed by atoms with E-state index in [2.05, 4.69) is 10.6 Å². The van der Waals surface area contributed by atoms with E-state index in [0.29, 0.717) is 29.7 Å². The largest absolute Gasteiger partial charge is 0.493 e. The Labute approximate surface area is 161 Å². The van der Waals surface area contributed by atoms with Gasteiger partial charge in [0, 0.05) is 19.1 Å². The summed E-state index contributed by atoms with van der Waals surface area (Å²) >= 11 is 0. The van der Waals surface area contributed by atoms with Crippen molar-refractivity contribution in [2.75, 3.05) is 24.4 Å². The van der Waals surface area contributed by atoms with Crippen LogP contribution in [0, 0.1) is 11.6 Å². The molecule has 0 unspecified atom stereocenters. The minimum Gasteiger partial charge on any atom is -0.493 e. The maximum Gasteiger partial charge on any atom is 0.248 e. The van der Waals surface area contributed by atoms with Crippen LogP contribution >= 0.6 is 0 Å². The molecule has 0 aromatic heterocycles. The highest BCUT2D eigenvalue weighted by molar-refractivity contribution is 6.02. The molecule has 28 heavy (non-hydrogen) atoms. The summed E-state index contributed by atoms with van der Waals surface area (Å²) < 4.78 is 38.2. The summed E-state index contributed by atoms with van der Waals surface area (Å²) in [5, 5.41) is 4.53. The highest BCUT2D eigenvalue weighted by Gasteiger charge is 2.12. The molecule has 2 rings (SSSR count). The quantitative estimate of drug-likeness (QED) is 0.701. The highest BCUT2D eigenvalue weighted by Crippen LogP contribution is 2.28. The number of anilines is 2. The Hall–Kier alpha value is -3.42. The lowest BCUT2D eigenvalue weighted by molar-refractivity contribution is -0.114. The second-order valence-electron chi connectivity index (χ2n) is 5.66. The average molecular weight is 390 g/mol. The second kappa shape index (κ2) is 9.50. The molecule has 2 aromatic carbocycles. The van der Waals surface area contributed by atoms with Gasteiger partial charge in [-0.2, -0.15) is 0 Å². The number of carbonyl (C=O) groups excluding carboxylic acids is 2. The molecule has 0 bridgehead atoms. The number of halogens is 2. The molecule has 0 fully saturated rings. The smallest absolute Gasteiger partial charge is 0.248 e. The van der Waals surface area contributed by atoms with Gasteiger partial charge in [0.2, 0.25) is 11.8 Å². The number of amides is 2. The first-order valence-electron chi connectivity index (χ1n) is 8.40. The van der Waals surface area contributed by atoms with Gasteiger partial charge in [-0.15, -0.1) is 0 Å². The number of hydrogen-bond donors (Lipinski definition) is 2. The van der Waals surface area contributed by atoms with Crippen LogP contribution in [-0.2, 0) is 9.59 Å². The van der Waals surface area contributed by atoms with Gasteiger partial charge in [-0.25, -0.2) is 8.78 Å². The molecule has 0 atom stereocenters. The molecule has 0 saturated carbocycles. The number of nitrogens with one attached hydrogen (secondary N) is 2. The van der Waals surface area contributed by atoms with Crippen LogP contribution in [0.4, 0.5) is 20.2 Å². The van der Waals surface area contributed by atoms with E-state index in [9.17, 15) is 18.4 Å². The zero-order chi connectivity index (χ0) is 20.7. The van der Waals surface area contributed by atoms with E-state index in [1.54, 1.807) is 18.2 Å². The first-order chi connectivity index (χ1) is 13.3. The van der Waals surface area contributed by atoms with E-state index in [-0.39, 0.29) is 11.4 Å². The molecule has 2 amide bonds. The summed E-state index contributed by atoms with van der Waals surface area (Å²) in [4.78, 5) is 23.1.